The van der Waals surface area contributed by atoms with Crippen molar-refractivity contribution in [1.29, 1.82) is 0 Å². The molecule has 112 valence electrons. The monoisotopic (exact) mass is 366 g/mol. The summed E-state index contributed by atoms with van der Waals surface area (Å²) in [5.74, 6) is 2.54. The minimum absolute atomic E-state index is 0.512. The van der Waals surface area contributed by atoms with Crippen molar-refractivity contribution in [3.05, 3.63) is 57.6 Å². The number of aryl methyl sites for hydroxylation is 2. The van der Waals surface area contributed by atoms with E-state index in [0.717, 1.165) is 33.7 Å². The van der Waals surface area contributed by atoms with Crippen molar-refractivity contribution in [2.45, 2.75) is 20.0 Å². The first kappa shape index (κ1) is 16.2. The van der Waals surface area contributed by atoms with Crippen LogP contribution in [0.4, 0.5) is 0 Å². The molecular weight excluding hydrogens is 348 g/mol. The second kappa shape index (κ2) is 7.76. The summed E-state index contributed by atoms with van der Waals surface area (Å²) in [6.45, 7) is 2.59. The molecule has 0 unspecified atom stereocenters. The predicted octanol–water partition coefficient (Wildman–Crippen LogP) is 4.82. The molecular formula is C17H19BrO2S. The Labute approximate surface area is 140 Å². The Morgan fingerprint density at radius 1 is 1.19 bits per heavy atom. The highest BCUT2D eigenvalue weighted by molar-refractivity contribution is 9.10. The largest absolute Gasteiger partial charge is 0.497 e. The molecule has 0 radical (unpaired) electrons. The molecule has 0 bridgehead atoms. The van der Waals surface area contributed by atoms with E-state index in [1.54, 1.807) is 7.11 Å². The van der Waals surface area contributed by atoms with Gasteiger partial charge in [0.1, 0.15) is 18.1 Å². The first-order valence-electron chi connectivity index (χ1n) is 6.79. The molecule has 0 aliphatic heterocycles. The third-order valence-corrected chi connectivity index (χ3v) is 3.98. The number of halogens is 1. The van der Waals surface area contributed by atoms with Crippen LogP contribution in [-0.4, -0.2) is 12.9 Å². The second-order valence-corrected chi connectivity index (χ2v) is 6.15. The molecule has 4 heteroatoms. The van der Waals surface area contributed by atoms with E-state index in [0.29, 0.717) is 6.61 Å². The highest BCUT2D eigenvalue weighted by Crippen LogP contribution is 2.32. The van der Waals surface area contributed by atoms with E-state index >= 15 is 0 Å². The Bertz CT molecular complexity index is 614. The van der Waals surface area contributed by atoms with Crippen molar-refractivity contribution >= 4 is 28.6 Å². The average Bonchev–Trinajstić information content (AvgIpc) is 2.47. The summed E-state index contributed by atoms with van der Waals surface area (Å²) in [6, 6.07) is 12.1. The number of hydrogen-bond acceptors (Lipinski definition) is 3. The van der Waals surface area contributed by atoms with Gasteiger partial charge in [-0.3, -0.25) is 0 Å². The van der Waals surface area contributed by atoms with E-state index in [1.807, 2.05) is 24.3 Å². The molecule has 0 spiro atoms. The minimum atomic E-state index is 0.512. The lowest BCUT2D eigenvalue weighted by Gasteiger charge is -2.14. The van der Waals surface area contributed by atoms with E-state index in [-0.39, 0.29) is 0 Å². The fraction of sp³-hybridized carbons (Fsp3) is 0.294. The zero-order valence-electron chi connectivity index (χ0n) is 12.2. The molecule has 0 aliphatic carbocycles. The molecule has 0 aliphatic rings. The maximum absolute atomic E-state index is 6.02. The van der Waals surface area contributed by atoms with E-state index in [2.05, 4.69) is 47.6 Å². The Kier molecular flexibility index (Phi) is 6.00. The van der Waals surface area contributed by atoms with E-state index < -0.39 is 0 Å². The van der Waals surface area contributed by atoms with Gasteiger partial charge in [-0.15, -0.1) is 0 Å². The van der Waals surface area contributed by atoms with E-state index in [9.17, 15) is 0 Å². The Morgan fingerprint density at radius 3 is 2.71 bits per heavy atom. The molecule has 2 rings (SSSR count). The van der Waals surface area contributed by atoms with Crippen LogP contribution in [-0.2, 0) is 13.0 Å². The van der Waals surface area contributed by atoms with Gasteiger partial charge in [0, 0.05) is 0 Å². The predicted molar refractivity (Wildman–Crippen MR) is 93.8 cm³/mol. The zero-order valence-corrected chi connectivity index (χ0v) is 14.7. The normalized spacial score (nSPS) is 10.5. The maximum atomic E-state index is 6.02. The van der Waals surface area contributed by atoms with Gasteiger partial charge in [0.25, 0.3) is 0 Å². The van der Waals surface area contributed by atoms with Crippen LogP contribution in [0, 0.1) is 6.92 Å². The van der Waals surface area contributed by atoms with Crippen molar-refractivity contribution in [2.24, 2.45) is 0 Å². The first-order valence-corrected chi connectivity index (χ1v) is 8.22. The standard InChI is InChI=1S/C17H19BrO2S/c1-12-8-14(6-7-21)17(16(18)9-12)20-11-13-4-3-5-15(10-13)19-2/h3-5,8-10,21H,6-7,11H2,1-2H3. The molecule has 2 nitrogen and oxygen atoms in total. The topological polar surface area (TPSA) is 18.5 Å². The van der Waals surface area contributed by atoms with Crippen LogP contribution in [0.15, 0.2) is 40.9 Å². The number of hydrogen-bond donors (Lipinski definition) is 1. The summed E-state index contributed by atoms with van der Waals surface area (Å²) in [4.78, 5) is 0. The average molecular weight is 367 g/mol. The Morgan fingerprint density at radius 2 is 2.00 bits per heavy atom. The molecule has 0 N–H and O–H groups in total. The van der Waals surface area contributed by atoms with Gasteiger partial charge < -0.3 is 9.47 Å². The van der Waals surface area contributed by atoms with Crippen LogP contribution in [0.25, 0.3) is 0 Å². The fourth-order valence-corrected chi connectivity index (χ4v) is 3.16. The van der Waals surface area contributed by atoms with Crippen LogP contribution < -0.4 is 9.47 Å². The van der Waals surface area contributed by atoms with Gasteiger partial charge in [-0.25, -0.2) is 0 Å². The van der Waals surface area contributed by atoms with Gasteiger partial charge in [0.2, 0.25) is 0 Å². The minimum Gasteiger partial charge on any atom is -0.497 e. The lowest BCUT2D eigenvalue weighted by molar-refractivity contribution is 0.300. The third-order valence-electron chi connectivity index (χ3n) is 3.16. The van der Waals surface area contributed by atoms with Gasteiger partial charge in [0.15, 0.2) is 0 Å². The lowest BCUT2D eigenvalue weighted by atomic mass is 10.1. The van der Waals surface area contributed by atoms with Crippen molar-refractivity contribution in [3.63, 3.8) is 0 Å². The van der Waals surface area contributed by atoms with Gasteiger partial charge in [-0.05, 0) is 69.9 Å². The maximum Gasteiger partial charge on any atom is 0.137 e. The number of methoxy groups -OCH3 is 1. The highest BCUT2D eigenvalue weighted by Gasteiger charge is 2.10. The number of ether oxygens (including phenoxy) is 2. The summed E-state index contributed by atoms with van der Waals surface area (Å²) < 4.78 is 12.2. The van der Waals surface area contributed by atoms with Crippen molar-refractivity contribution < 1.29 is 9.47 Å². The summed E-state index contributed by atoms with van der Waals surface area (Å²) in [5, 5.41) is 0. The molecule has 0 saturated heterocycles. The number of rotatable bonds is 6. The Hall–Kier alpha value is -1.13. The van der Waals surface area contributed by atoms with Crippen LogP contribution >= 0.6 is 28.6 Å². The second-order valence-electron chi connectivity index (χ2n) is 4.85. The smallest absolute Gasteiger partial charge is 0.137 e. The lowest BCUT2D eigenvalue weighted by Crippen LogP contribution is -2.01. The summed E-state index contributed by atoms with van der Waals surface area (Å²) in [5.41, 5.74) is 3.48. The summed E-state index contributed by atoms with van der Waals surface area (Å²) in [7, 11) is 1.67. The SMILES string of the molecule is COc1cccc(COc2c(Br)cc(C)cc2CCS)c1. The zero-order chi connectivity index (χ0) is 15.2. The molecule has 0 aromatic heterocycles. The molecule has 0 atom stereocenters. The van der Waals surface area contributed by atoms with Gasteiger partial charge >= 0.3 is 0 Å². The number of benzene rings is 2. The quantitative estimate of drug-likeness (QED) is 0.738. The molecule has 21 heavy (non-hydrogen) atoms. The van der Waals surface area contributed by atoms with Gasteiger partial charge in [-0.2, -0.15) is 12.6 Å². The van der Waals surface area contributed by atoms with Gasteiger partial charge in [-0.1, -0.05) is 18.2 Å². The van der Waals surface area contributed by atoms with Crippen molar-refractivity contribution in [2.75, 3.05) is 12.9 Å². The van der Waals surface area contributed by atoms with Crippen LogP contribution in [0.3, 0.4) is 0 Å². The molecule has 0 heterocycles. The van der Waals surface area contributed by atoms with Crippen LogP contribution in [0.5, 0.6) is 11.5 Å². The molecule has 2 aromatic rings. The van der Waals surface area contributed by atoms with Crippen molar-refractivity contribution in [3.8, 4) is 11.5 Å². The molecule has 0 amide bonds. The van der Waals surface area contributed by atoms with Gasteiger partial charge in [0.05, 0.1) is 11.6 Å². The summed E-state index contributed by atoms with van der Waals surface area (Å²) in [6.07, 6.45) is 0.886. The third kappa shape index (κ3) is 4.42. The summed E-state index contributed by atoms with van der Waals surface area (Å²) >= 11 is 7.92. The van der Waals surface area contributed by atoms with Crippen molar-refractivity contribution in [1.82, 2.24) is 0 Å². The van der Waals surface area contributed by atoms with Crippen LogP contribution in [0.2, 0.25) is 0 Å². The van der Waals surface area contributed by atoms with Crippen LogP contribution in [0.1, 0.15) is 16.7 Å². The fourth-order valence-electron chi connectivity index (χ4n) is 2.19. The van der Waals surface area contributed by atoms with E-state index in [4.69, 9.17) is 9.47 Å². The molecule has 0 fully saturated rings. The number of thiol groups is 1. The first-order chi connectivity index (χ1) is 10.1. The highest BCUT2D eigenvalue weighted by atomic mass is 79.9. The Balaban J connectivity index is 2.18. The van der Waals surface area contributed by atoms with E-state index in [1.165, 1.54) is 11.1 Å². The molecule has 0 saturated carbocycles. The molecule has 2 aromatic carbocycles.